The predicted molar refractivity (Wildman–Crippen MR) is 95.6 cm³/mol. The highest BCUT2D eigenvalue weighted by Crippen LogP contribution is 2.22. The van der Waals surface area contributed by atoms with Crippen LogP contribution < -0.4 is 0 Å². The van der Waals surface area contributed by atoms with Crippen LogP contribution in [0.25, 0.3) is 17.0 Å². The van der Waals surface area contributed by atoms with E-state index in [0.717, 1.165) is 29.6 Å². The third-order valence-electron chi connectivity index (χ3n) is 3.87. The molecule has 0 unspecified atom stereocenters. The van der Waals surface area contributed by atoms with Crippen molar-refractivity contribution >= 4 is 22.9 Å². The molecule has 1 N–H and O–H groups in total. The molecular formula is C20H20N2O2. The number of esters is 1. The first kappa shape index (κ1) is 16.0. The van der Waals surface area contributed by atoms with Gasteiger partial charge in [0.05, 0.1) is 6.61 Å². The number of benzene rings is 1. The number of hydrogen-bond acceptors (Lipinski definition) is 3. The lowest BCUT2D eigenvalue weighted by Gasteiger charge is -2.01. The zero-order chi connectivity index (χ0) is 16.8. The van der Waals surface area contributed by atoms with Crippen molar-refractivity contribution in [3.05, 3.63) is 71.7 Å². The molecule has 0 bridgehead atoms. The molecule has 0 aliphatic carbocycles. The van der Waals surface area contributed by atoms with E-state index in [-0.39, 0.29) is 5.97 Å². The van der Waals surface area contributed by atoms with E-state index in [1.807, 2.05) is 42.7 Å². The summed E-state index contributed by atoms with van der Waals surface area (Å²) in [4.78, 5) is 19.1. The summed E-state index contributed by atoms with van der Waals surface area (Å²) in [5.41, 5.74) is 4.42. The Bertz CT molecular complexity index is 850. The maximum atomic E-state index is 11.4. The number of fused-ring (bicyclic) bond motifs is 1. The number of aromatic amines is 1. The van der Waals surface area contributed by atoms with Gasteiger partial charge >= 0.3 is 5.97 Å². The number of nitrogens with one attached hydrogen (secondary N) is 1. The quantitative estimate of drug-likeness (QED) is 0.553. The zero-order valence-corrected chi connectivity index (χ0v) is 13.7. The number of aryl methyl sites for hydroxylation is 2. The van der Waals surface area contributed by atoms with Crippen LogP contribution in [-0.2, 0) is 22.4 Å². The molecule has 0 fully saturated rings. The normalized spacial score (nSPS) is 11.2. The van der Waals surface area contributed by atoms with Gasteiger partial charge in [-0.15, -0.1) is 0 Å². The number of carbonyl (C=O) groups is 1. The SMILES string of the molecule is CCOC(=O)/C=C/c1ccc2[nH]cc(CCc3ccccn3)c2c1. The van der Waals surface area contributed by atoms with Crippen LogP contribution in [0.5, 0.6) is 0 Å². The number of hydrogen-bond donors (Lipinski definition) is 1. The fraction of sp³-hybridized carbons (Fsp3) is 0.200. The van der Waals surface area contributed by atoms with Crippen molar-refractivity contribution in [2.75, 3.05) is 6.61 Å². The number of ether oxygens (including phenoxy) is 1. The summed E-state index contributed by atoms with van der Waals surface area (Å²) < 4.78 is 4.91. The molecule has 0 radical (unpaired) electrons. The van der Waals surface area contributed by atoms with E-state index in [4.69, 9.17) is 4.74 Å². The first-order valence-electron chi connectivity index (χ1n) is 8.11. The van der Waals surface area contributed by atoms with Crippen LogP contribution in [0, 0.1) is 0 Å². The second kappa shape index (κ2) is 7.59. The van der Waals surface area contributed by atoms with Crippen LogP contribution in [-0.4, -0.2) is 22.5 Å². The zero-order valence-electron chi connectivity index (χ0n) is 13.7. The molecule has 0 spiro atoms. The van der Waals surface area contributed by atoms with Crippen molar-refractivity contribution in [3.63, 3.8) is 0 Å². The van der Waals surface area contributed by atoms with Gasteiger partial charge in [0.25, 0.3) is 0 Å². The highest BCUT2D eigenvalue weighted by molar-refractivity contribution is 5.89. The maximum Gasteiger partial charge on any atom is 0.330 e. The van der Waals surface area contributed by atoms with Crippen molar-refractivity contribution in [1.82, 2.24) is 9.97 Å². The van der Waals surface area contributed by atoms with E-state index in [0.29, 0.717) is 6.61 Å². The number of carbonyl (C=O) groups excluding carboxylic acids is 1. The number of H-pyrrole nitrogens is 1. The molecule has 4 nitrogen and oxygen atoms in total. The molecule has 0 saturated heterocycles. The first-order valence-corrected chi connectivity index (χ1v) is 8.11. The second-order valence-corrected chi connectivity index (χ2v) is 5.53. The summed E-state index contributed by atoms with van der Waals surface area (Å²) in [7, 11) is 0. The molecule has 1 aromatic carbocycles. The van der Waals surface area contributed by atoms with Gasteiger partial charge in [-0.3, -0.25) is 4.98 Å². The molecule has 3 aromatic rings. The Morgan fingerprint density at radius 1 is 1.25 bits per heavy atom. The van der Waals surface area contributed by atoms with Gasteiger partial charge in [0.2, 0.25) is 0 Å². The van der Waals surface area contributed by atoms with Crippen molar-refractivity contribution in [2.45, 2.75) is 19.8 Å². The Morgan fingerprint density at radius 2 is 2.17 bits per heavy atom. The van der Waals surface area contributed by atoms with Crippen LogP contribution >= 0.6 is 0 Å². The minimum atomic E-state index is -0.318. The topological polar surface area (TPSA) is 55.0 Å². The summed E-state index contributed by atoms with van der Waals surface area (Å²) >= 11 is 0. The molecule has 4 heteroatoms. The summed E-state index contributed by atoms with van der Waals surface area (Å²) in [5.74, 6) is -0.318. The van der Waals surface area contributed by atoms with Gasteiger partial charge in [-0.1, -0.05) is 12.1 Å². The molecular weight excluding hydrogens is 300 g/mol. The van der Waals surface area contributed by atoms with Gasteiger partial charge in [-0.05, 0) is 61.2 Å². The molecule has 0 atom stereocenters. The highest BCUT2D eigenvalue weighted by Gasteiger charge is 2.05. The van der Waals surface area contributed by atoms with Gasteiger partial charge in [0.1, 0.15) is 0 Å². The molecule has 0 aliphatic rings. The molecule has 122 valence electrons. The van der Waals surface area contributed by atoms with Crippen LogP contribution in [0.1, 0.15) is 23.7 Å². The standard InChI is InChI=1S/C20H20N2O2/c1-2-24-20(23)11-7-15-6-10-19-18(13-15)16(14-22-19)8-9-17-5-3-4-12-21-17/h3-7,10-14,22H,2,8-9H2,1H3/b11-7+. The molecule has 0 amide bonds. The molecule has 0 saturated carbocycles. The van der Waals surface area contributed by atoms with Gasteiger partial charge in [-0.2, -0.15) is 0 Å². The average Bonchev–Trinajstić information content (AvgIpc) is 3.02. The van der Waals surface area contributed by atoms with E-state index in [1.54, 1.807) is 13.0 Å². The Labute approximate surface area is 141 Å². The van der Waals surface area contributed by atoms with Crippen LogP contribution in [0.2, 0.25) is 0 Å². The van der Waals surface area contributed by atoms with Crippen molar-refractivity contribution in [3.8, 4) is 0 Å². The van der Waals surface area contributed by atoms with Gasteiger partial charge < -0.3 is 9.72 Å². The van der Waals surface area contributed by atoms with E-state index in [1.165, 1.54) is 17.0 Å². The first-order chi connectivity index (χ1) is 11.8. The van der Waals surface area contributed by atoms with Crippen LogP contribution in [0.4, 0.5) is 0 Å². The summed E-state index contributed by atoms with van der Waals surface area (Å²) in [5, 5.41) is 1.18. The fourth-order valence-corrected chi connectivity index (χ4v) is 2.67. The smallest absolute Gasteiger partial charge is 0.330 e. The summed E-state index contributed by atoms with van der Waals surface area (Å²) in [6.45, 7) is 2.18. The molecule has 2 aromatic heterocycles. The van der Waals surface area contributed by atoms with Gasteiger partial charge in [0, 0.05) is 35.1 Å². The van der Waals surface area contributed by atoms with E-state index < -0.39 is 0 Å². The summed E-state index contributed by atoms with van der Waals surface area (Å²) in [6, 6.07) is 12.1. The molecule has 24 heavy (non-hydrogen) atoms. The lowest BCUT2D eigenvalue weighted by atomic mass is 10.0. The van der Waals surface area contributed by atoms with Gasteiger partial charge in [0.15, 0.2) is 0 Å². The van der Waals surface area contributed by atoms with E-state index in [9.17, 15) is 4.79 Å². The highest BCUT2D eigenvalue weighted by atomic mass is 16.5. The van der Waals surface area contributed by atoms with Gasteiger partial charge in [-0.25, -0.2) is 4.79 Å². The van der Waals surface area contributed by atoms with Crippen molar-refractivity contribution in [1.29, 1.82) is 0 Å². The Kier molecular flexibility index (Phi) is 5.06. The lowest BCUT2D eigenvalue weighted by Crippen LogP contribution is -1.98. The molecule has 2 heterocycles. The Balaban J connectivity index is 1.77. The van der Waals surface area contributed by atoms with Crippen LogP contribution in [0.15, 0.2) is 54.9 Å². The number of nitrogens with zero attached hydrogens (tertiary/aromatic N) is 1. The average molecular weight is 320 g/mol. The monoisotopic (exact) mass is 320 g/mol. The largest absolute Gasteiger partial charge is 0.463 e. The third kappa shape index (κ3) is 3.90. The second-order valence-electron chi connectivity index (χ2n) is 5.53. The Hall–Kier alpha value is -2.88. The summed E-state index contributed by atoms with van der Waals surface area (Å²) in [6.07, 6.45) is 8.94. The number of pyridine rings is 1. The predicted octanol–water partition coefficient (Wildman–Crippen LogP) is 3.92. The minimum Gasteiger partial charge on any atom is -0.463 e. The van der Waals surface area contributed by atoms with E-state index >= 15 is 0 Å². The Morgan fingerprint density at radius 3 is 2.96 bits per heavy atom. The maximum absolute atomic E-state index is 11.4. The number of rotatable bonds is 6. The molecule has 0 aliphatic heterocycles. The minimum absolute atomic E-state index is 0.318. The van der Waals surface area contributed by atoms with Crippen molar-refractivity contribution in [2.24, 2.45) is 0 Å². The molecule has 3 rings (SSSR count). The van der Waals surface area contributed by atoms with Crippen LogP contribution in [0.3, 0.4) is 0 Å². The van der Waals surface area contributed by atoms with E-state index in [2.05, 4.69) is 16.0 Å². The lowest BCUT2D eigenvalue weighted by molar-refractivity contribution is -0.137. The third-order valence-corrected chi connectivity index (χ3v) is 3.87. The fourth-order valence-electron chi connectivity index (χ4n) is 2.67. The number of aromatic nitrogens is 2. The van der Waals surface area contributed by atoms with Crippen molar-refractivity contribution < 1.29 is 9.53 Å².